The largest absolute Gasteiger partial charge is 0.513 e. The summed E-state index contributed by atoms with van der Waals surface area (Å²) in [5.74, 6) is 0.737. The van der Waals surface area contributed by atoms with Crippen LogP contribution in [0.2, 0.25) is 0 Å². The molecule has 0 radical (unpaired) electrons. The number of allylic oxidation sites excluding steroid dienone is 2. The van der Waals surface area contributed by atoms with Crippen LogP contribution in [0.15, 0.2) is 29.1 Å². The van der Waals surface area contributed by atoms with Crippen LogP contribution in [0.3, 0.4) is 0 Å². The fourth-order valence-corrected chi connectivity index (χ4v) is 2.26. The minimum atomic E-state index is -0.162. The van der Waals surface area contributed by atoms with Gasteiger partial charge in [0.2, 0.25) is 0 Å². The van der Waals surface area contributed by atoms with Gasteiger partial charge in [0.05, 0.1) is 17.5 Å². The molecule has 1 aliphatic rings. The Morgan fingerprint density at radius 2 is 2.25 bits per heavy atom. The van der Waals surface area contributed by atoms with Gasteiger partial charge < -0.3 is 9.84 Å². The first kappa shape index (κ1) is 13.0. The van der Waals surface area contributed by atoms with Gasteiger partial charge in [0.1, 0.15) is 0 Å². The summed E-state index contributed by atoms with van der Waals surface area (Å²) in [6.07, 6.45) is 7.35. The van der Waals surface area contributed by atoms with Crippen molar-refractivity contribution in [3.8, 4) is 0 Å². The minimum absolute atomic E-state index is 0.0508. The third-order valence-corrected chi connectivity index (χ3v) is 2.64. The lowest BCUT2D eigenvalue weighted by atomic mass is 9.85. The van der Waals surface area contributed by atoms with Crippen molar-refractivity contribution >= 4 is 6.72 Å². The van der Waals surface area contributed by atoms with E-state index in [1.54, 1.807) is 13.1 Å². The molecule has 0 saturated carbocycles. The van der Waals surface area contributed by atoms with E-state index in [9.17, 15) is 5.11 Å². The number of ether oxygens (including phenoxy) is 1. The number of aliphatic imine (C=N–C) groups is 1. The maximum Gasteiger partial charge on any atom is 0.0854 e. The summed E-state index contributed by atoms with van der Waals surface area (Å²) in [4.78, 5) is 3.69. The molecule has 1 aliphatic heterocycles. The number of rotatable bonds is 3. The van der Waals surface area contributed by atoms with E-state index in [-0.39, 0.29) is 11.7 Å². The van der Waals surface area contributed by atoms with Crippen molar-refractivity contribution in [2.75, 3.05) is 0 Å². The van der Waals surface area contributed by atoms with Crippen LogP contribution in [0.1, 0.15) is 33.6 Å². The van der Waals surface area contributed by atoms with Crippen molar-refractivity contribution in [1.82, 2.24) is 0 Å². The molecule has 1 fully saturated rings. The van der Waals surface area contributed by atoms with E-state index in [4.69, 9.17) is 4.74 Å². The van der Waals surface area contributed by atoms with Crippen molar-refractivity contribution < 1.29 is 9.84 Å². The van der Waals surface area contributed by atoms with Gasteiger partial charge in [-0.2, -0.15) is 0 Å². The molecule has 1 heterocycles. The highest BCUT2D eigenvalue weighted by molar-refractivity contribution is 5.25. The van der Waals surface area contributed by atoms with Crippen molar-refractivity contribution in [3.05, 3.63) is 24.1 Å². The van der Waals surface area contributed by atoms with Crippen molar-refractivity contribution in [3.63, 3.8) is 0 Å². The van der Waals surface area contributed by atoms with Crippen LogP contribution in [-0.2, 0) is 4.74 Å². The standard InChI is InChI=1S/C13H21NO2/c1-10(15)7-11-8-12(5-6-14-4)16-13(2,3)9-11/h5-7,11-12,15H,4,8-9H2,1-3H3. The average molecular weight is 223 g/mol. The van der Waals surface area contributed by atoms with E-state index in [1.807, 2.05) is 12.2 Å². The average Bonchev–Trinajstić information content (AvgIpc) is 2.10. The topological polar surface area (TPSA) is 41.8 Å². The van der Waals surface area contributed by atoms with E-state index >= 15 is 0 Å². The summed E-state index contributed by atoms with van der Waals surface area (Å²) in [6, 6.07) is 0. The van der Waals surface area contributed by atoms with Crippen LogP contribution >= 0.6 is 0 Å². The fourth-order valence-electron chi connectivity index (χ4n) is 2.26. The third-order valence-electron chi connectivity index (χ3n) is 2.64. The normalized spacial score (nSPS) is 30.6. The molecule has 16 heavy (non-hydrogen) atoms. The van der Waals surface area contributed by atoms with Gasteiger partial charge in [-0.1, -0.05) is 0 Å². The Balaban J connectivity index is 2.73. The van der Waals surface area contributed by atoms with Crippen LogP contribution < -0.4 is 0 Å². The zero-order chi connectivity index (χ0) is 12.2. The molecule has 0 spiro atoms. The van der Waals surface area contributed by atoms with E-state index in [1.165, 1.54) is 0 Å². The Kier molecular flexibility index (Phi) is 4.30. The van der Waals surface area contributed by atoms with Gasteiger partial charge >= 0.3 is 0 Å². The zero-order valence-corrected chi connectivity index (χ0v) is 10.3. The highest BCUT2D eigenvalue weighted by atomic mass is 16.5. The second-order valence-corrected chi connectivity index (χ2v) is 4.95. The summed E-state index contributed by atoms with van der Waals surface area (Å²) in [7, 11) is 0. The van der Waals surface area contributed by atoms with Gasteiger partial charge in [0.15, 0.2) is 0 Å². The second kappa shape index (κ2) is 5.30. The predicted octanol–water partition coefficient (Wildman–Crippen LogP) is 3.24. The Hall–Kier alpha value is -1.09. The molecular weight excluding hydrogens is 202 g/mol. The monoisotopic (exact) mass is 223 g/mol. The van der Waals surface area contributed by atoms with Crippen molar-refractivity contribution in [1.29, 1.82) is 0 Å². The Bertz CT molecular complexity index is 301. The minimum Gasteiger partial charge on any atom is -0.513 e. The van der Waals surface area contributed by atoms with Gasteiger partial charge in [0, 0.05) is 6.20 Å². The molecule has 0 aromatic carbocycles. The number of hydrogen-bond acceptors (Lipinski definition) is 3. The van der Waals surface area contributed by atoms with Crippen molar-refractivity contribution in [2.45, 2.75) is 45.3 Å². The molecule has 1 N–H and O–H groups in total. The predicted molar refractivity (Wildman–Crippen MR) is 66.8 cm³/mol. The zero-order valence-electron chi connectivity index (χ0n) is 10.3. The van der Waals surface area contributed by atoms with Crippen LogP contribution in [0.5, 0.6) is 0 Å². The molecule has 3 heteroatoms. The molecule has 1 rings (SSSR count). The molecule has 0 aromatic heterocycles. The van der Waals surface area contributed by atoms with Gasteiger partial charge in [-0.25, -0.2) is 0 Å². The fraction of sp³-hybridized carbons (Fsp3) is 0.615. The van der Waals surface area contributed by atoms with Crippen LogP contribution in [0.4, 0.5) is 0 Å². The summed E-state index contributed by atoms with van der Waals surface area (Å²) in [6.45, 7) is 9.25. The molecule has 0 aliphatic carbocycles. The van der Waals surface area contributed by atoms with E-state index < -0.39 is 0 Å². The summed E-state index contributed by atoms with van der Waals surface area (Å²) in [5, 5.41) is 9.31. The summed E-state index contributed by atoms with van der Waals surface area (Å²) in [5.41, 5.74) is -0.162. The van der Waals surface area contributed by atoms with Gasteiger partial charge in [-0.05, 0) is 58.4 Å². The quantitative estimate of drug-likeness (QED) is 0.589. The second-order valence-electron chi connectivity index (χ2n) is 4.95. The maximum absolute atomic E-state index is 9.31. The number of hydrogen-bond donors (Lipinski definition) is 1. The summed E-state index contributed by atoms with van der Waals surface area (Å²) >= 11 is 0. The number of aliphatic hydroxyl groups excluding tert-OH is 1. The molecule has 3 nitrogen and oxygen atoms in total. The third kappa shape index (κ3) is 4.19. The van der Waals surface area contributed by atoms with Crippen LogP contribution in [-0.4, -0.2) is 23.5 Å². The molecule has 2 unspecified atom stereocenters. The maximum atomic E-state index is 9.31. The Morgan fingerprint density at radius 3 is 2.81 bits per heavy atom. The smallest absolute Gasteiger partial charge is 0.0854 e. The molecule has 2 atom stereocenters. The van der Waals surface area contributed by atoms with E-state index in [0.717, 1.165) is 12.8 Å². The molecule has 0 amide bonds. The van der Waals surface area contributed by atoms with E-state index in [0.29, 0.717) is 11.7 Å². The lowest BCUT2D eigenvalue weighted by Gasteiger charge is -2.38. The number of nitrogens with zero attached hydrogens (tertiary/aromatic N) is 1. The van der Waals surface area contributed by atoms with Crippen LogP contribution in [0.25, 0.3) is 0 Å². The SMILES string of the molecule is C=NC=CC1CC(C=C(C)O)CC(C)(C)O1. The lowest BCUT2D eigenvalue weighted by molar-refractivity contribution is -0.0987. The van der Waals surface area contributed by atoms with Gasteiger partial charge in [-0.3, -0.25) is 4.99 Å². The van der Waals surface area contributed by atoms with Gasteiger partial charge in [-0.15, -0.1) is 0 Å². The van der Waals surface area contributed by atoms with Crippen LogP contribution in [0, 0.1) is 5.92 Å². The molecule has 90 valence electrons. The Morgan fingerprint density at radius 1 is 1.56 bits per heavy atom. The lowest BCUT2D eigenvalue weighted by Crippen LogP contribution is -2.38. The Labute approximate surface area is 97.5 Å². The first-order chi connectivity index (χ1) is 7.43. The van der Waals surface area contributed by atoms with Gasteiger partial charge in [0.25, 0.3) is 0 Å². The molecule has 1 saturated heterocycles. The molecule has 0 bridgehead atoms. The highest BCUT2D eigenvalue weighted by Crippen LogP contribution is 2.34. The first-order valence-corrected chi connectivity index (χ1v) is 5.60. The number of aliphatic hydroxyl groups is 1. The highest BCUT2D eigenvalue weighted by Gasteiger charge is 2.32. The first-order valence-electron chi connectivity index (χ1n) is 5.60. The van der Waals surface area contributed by atoms with E-state index in [2.05, 4.69) is 25.6 Å². The summed E-state index contributed by atoms with van der Waals surface area (Å²) < 4.78 is 5.90. The van der Waals surface area contributed by atoms with Crippen molar-refractivity contribution in [2.24, 2.45) is 10.9 Å². The molecular formula is C13H21NO2. The molecule has 0 aromatic rings.